The van der Waals surface area contributed by atoms with Crippen LogP contribution in [0.15, 0.2) is 0 Å². The molecule has 0 fully saturated rings. The fraction of sp³-hybridized carbons (Fsp3) is 0.947. The molecule has 0 heterocycles. The van der Waals surface area contributed by atoms with Gasteiger partial charge < -0.3 is 20.1 Å². The van der Waals surface area contributed by atoms with Crippen molar-refractivity contribution in [2.24, 2.45) is 5.92 Å². The van der Waals surface area contributed by atoms with Crippen molar-refractivity contribution in [3.63, 3.8) is 0 Å². The van der Waals surface area contributed by atoms with Gasteiger partial charge in [-0.1, -0.05) is 188 Å². The zero-order valence-corrected chi connectivity index (χ0v) is 29.8. The Hall–Kier alpha value is -1.46. The van der Waals surface area contributed by atoms with E-state index in [0.29, 0.717) is 13.1 Å². The Kier molecular flexibility index (Phi) is 34.8. The molecule has 6 nitrogen and oxygen atoms in total. The number of amides is 2. The fourth-order valence-electron chi connectivity index (χ4n) is 5.61. The second-order valence-electron chi connectivity index (χ2n) is 13.3. The summed E-state index contributed by atoms with van der Waals surface area (Å²) in [5.41, 5.74) is 0. The molecule has 0 saturated heterocycles. The number of hydrogen-bond donors (Lipinski definition) is 2. The predicted molar refractivity (Wildman–Crippen MR) is 188 cm³/mol. The van der Waals surface area contributed by atoms with Gasteiger partial charge in [-0.3, -0.25) is 0 Å². The first-order chi connectivity index (χ1) is 21.6. The van der Waals surface area contributed by atoms with Crippen LogP contribution in [-0.4, -0.2) is 38.5 Å². The third-order valence-electron chi connectivity index (χ3n) is 8.60. The summed E-state index contributed by atoms with van der Waals surface area (Å²) in [4.78, 5) is 23.9. The molecule has 2 N–H and O–H groups in total. The molecule has 0 bridgehead atoms. The van der Waals surface area contributed by atoms with Crippen LogP contribution in [0.1, 0.15) is 201 Å². The van der Waals surface area contributed by atoms with Crippen LogP contribution in [0.3, 0.4) is 0 Å². The summed E-state index contributed by atoms with van der Waals surface area (Å²) in [6.07, 6.45) is 36.3. The number of hydrogen-bond acceptors (Lipinski definition) is 4. The van der Waals surface area contributed by atoms with Crippen molar-refractivity contribution in [3.05, 3.63) is 0 Å². The highest BCUT2D eigenvalue weighted by molar-refractivity contribution is 5.67. The molecule has 0 aliphatic carbocycles. The van der Waals surface area contributed by atoms with Crippen molar-refractivity contribution < 1.29 is 19.1 Å². The van der Waals surface area contributed by atoms with Gasteiger partial charge in [-0.25, -0.2) is 9.59 Å². The molecule has 0 rings (SSSR count). The van der Waals surface area contributed by atoms with Crippen LogP contribution >= 0.6 is 0 Å². The molecule has 0 aliphatic rings. The van der Waals surface area contributed by atoms with Crippen molar-refractivity contribution in [2.75, 3.05) is 26.3 Å². The van der Waals surface area contributed by atoms with Crippen LogP contribution in [0.4, 0.5) is 9.59 Å². The minimum absolute atomic E-state index is 0.0337. The van der Waals surface area contributed by atoms with Crippen LogP contribution in [0.25, 0.3) is 0 Å². The molecule has 0 radical (unpaired) electrons. The van der Waals surface area contributed by atoms with E-state index < -0.39 is 0 Å². The van der Waals surface area contributed by atoms with Gasteiger partial charge >= 0.3 is 12.2 Å². The highest BCUT2D eigenvalue weighted by atomic mass is 16.6. The highest BCUT2D eigenvalue weighted by Crippen LogP contribution is 2.14. The maximum atomic E-state index is 11.9. The van der Waals surface area contributed by atoms with Gasteiger partial charge in [-0.2, -0.15) is 0 Å². The third kappa shape index (κ3) is 35.0. The molecule has 0 aromatic rings. The monoisotopic (exact) mass is 625 g/mol. The minimum Gasteiger partial charge on any atom is -0.449 e. The maximum absolute atomic E-state index is 11.9. The van der Waals surface area contributed by atoms with Gasteiger partial charge in [-0.05, 0) is 12.8 Å². The minimum atomic E-state index is -0.381. The Morgan fingerprint density at radius 1 is 0.409 bits per heavy atom. The Morgan fingerprint density at radius 2 is 0.636 bits per heavy atom. The van der Waals surface area contributed by atoms with Gasteiger partial charge in [0, 0.05) is 19.0 Å². The molecule has 6 heteroatoms. The van der Waals surface area contributed by atoms with Crippen LogP contribution < -0.4 is 10.6 Å². The van der Waals surface area contributed by atoms with Crippen LogP contribution in [-0.2, 0) is 9.47 Å². The smallest absolute Gasteiger partial charge is 0.407 e. The van der Waals surface area contributed by atoms with Crippen LogP contribution in [0, 0.1) is 5.92 Å². The number of nitrogens with one attached hydrogen (secondary N) is 2. The Labute approximate surface area is 274 Å². The van der Waals surface area contributed by atoms with Gasteiger partial charge in [0.05, 0.1) is 13.2 Å². The number of unbranched alkanes of at least 4 members (excludes halogenated alkanes) is 26. The van der Waals surface area contributed by atoms with Crippen molar-refractivity contribution in [1.29, 1.82) is 0 Å². The quantitative estimate of drug-likeness (QED) is 0.0698. The molecule has 0 aromatic carbocycles. The van der Waals surface area contributed by atoms with Crippen LogP contribution in [0.2, 0.25) is 0 Å². The van der Waals surface area contributed by atoms with Crippen molar-refractivity contribution in [2.45, 2.75) is 201 Å². The van der Waals surface area contributed by atoms with E-state index in [4.69, 9.17) is 9.47 Å². The molecule has 0 atom stereocenters. The number of rotatable bonds is 34. The Balaban J connectivity index is 3.37. The lowest BCUT2D eigenvalue weighted by Gasteiger charge is -2.13. The summed E-state index contributed by atoms with van der Waals surface area (Å²) in [6, 6.07) is 0. The zero-order valence-electron chi connectivity index (χ0n) is 29.8. The van der Waals surface area contributed by atoms with Gasteiger partial charge in [0.1, 0.15) is 0 Å². The zero-order chi connectivity index (χ0) is 32.2. The molecule has 44 heavy (non-hydrogen) atoms. The SMILES string of the molecule is CCCCCCCCCCCCCCCCNC(=O)OCC(C)COC(=O)NCCCCCCCCCCCCCCCC. The fourth-order valence-corrected chi connectivity index (χ4v) is 5.61. The number of ether oxygens (including phenoxy) is 2. The second-order valence-corrected chi connectivity index (χ2v) is 13.3. The molecule has 0 unspecified atom stereocenters. The lowest BCUT2D eigenvalue weighted by molar-refractivity contribution is 0.0913. The van der Waals surface area contributed by atoms with E-state index in [1.807, 2.05) is 6.92 Å². The lowest BCUT2D eigenvalue weighted by Crippen LogP contribution is -2.30. The van der Waals surface area contributed by atoms with Gasteiger partial charge in [-0.15, -0.1) is 0 Å². The molecule has 0 aliphatic heterocycles. The lowest BCUT2D eigenvalue weighted by atomic mass is 10.0. The van der Waals surface area contributed by atoms with E-state index in [0.717, 1.165) is 25.7 Å². The first-order valence-corrected chi connectivity index (χ1v) is 19.4. The summed E-state index contributed by atoms with van der Waals surface area (Å²) in [5.74, 6) is -0.0337. The molecule has 0 spiro atoms. The summed E-state index contributed by atoms with van der Waals surface area (Å²) in [6.45, 7) is 8.27. The highest BCUT2D eigenvalue weighted by Gasteiger charge is 2.10. The number of carbonyl (C=O) groups is 2. The van der Waals surface area contributed by atoms with E-state index in [-0.39, 0.29) is 31.3 Å². The topological polar surface area (TPSA) is 76.7 Å². The van der Waals surface area contributed by atoms with Crippen molar-refractivity contribution >= 4 is 12.2 Å². The molecular formula is C38H76N2O4. The molecule has 262 valence electrons. The van der Waals surface area contributed by atoms with E-state index in [9.17, 15) is 9.59 Å². The molecule has 0 aromatic heterocycles. The summed E-state index contributed by atoms with van der Waals surface area (Å²) in [5, 5.41) is 5.67. The van der Waals surface area contributed by atoms with Crippen molar-refractivity contribution in [1.82, 2.24) is 10.6 Å². The largest absolute Gasteiger partial charge is 0.449 e. The maximum Gasteiger partial charge on any atom is 0.407 e. The normalized spacial score (nSPS) is 11.2. The van der Waals surface area contributed by atoms with E-state index in [2.05, 4.69) is 24.5 Å². The first kappa shape index (κ1) is 42.5. The summed E-state index contributed by atoms with van der Waals surface area (Å²) in [7, 11) is 0. The van der Waals surface area contributed by atoms with Gasteiger partial charge in [0.25, 0.3) is 0 Å². The summed E-state index contributed by atoms with van der Waals surface area (Å²) < 4.78 is 10.6. The Morgan fingerprint density at radius 3 is 0.886 bits per heavy atom. The average Bonchev–Trinajstić information content (AvgIpc) is 3.02. The first-order valence-electron chi connectivity index (χ1n) is 19.4. The van der Waals surface area contributed by atoms with Crippen LogP contribution in [0.5, 0.6) is 0 Å². The second kappa shape index (κ2) is 36.0. The average molecular weight is 625 g/mol. The number of carbonyl (C=O) groups excluding carboxylic acids is 2. The molecule has 0 saturated carbocycles. The van der Waals surface area contributed by atoms with Gasteiger partial charge in [0.15, 0.2) is 0 Å². The van der Waals surface area contributed by atoms with Crippen molar-refractivity contribution in [3.8, 4) is 0 Å². The third-order valence-corrected chi connectivity index (χ3v) is 8.60. The molecule has 2 amide bonds. The molecular weight excluding hydrogens is 548 g/mol. The standard InChI is InChI=1S/C38H76N2O4/c1-4-6-8-10-12-14-16-18-20-22-24-26-28-30-32-39-37(41)43-34-36(3)35-44-38(42)40-33-31-29-27-25-23-21-19-17-15-13-11-9-7-5-2/h36H,4-35H2,1-3H3,(H,39,41)(H,40,42). The summed E-state index contributed by atoms with van der Waals surface area (Å²) >= 11 is 0. The predicted octanol–water partition coefficient (Wildman–Crippen LogP) is 12.0. The number of alkyl carbamates (subject to hydrolysis) is 2. The van der Waals surface area contributed by atoms with E-state index >= 15 is 0 Å². The van der Waals surface area contributed by atoms with E-state index in [1.54, 1.807) is 0 Å². The van der Waals surface area contributed by atoms with Gasteiger partial charge in [0.2, 0.25) is 0 Å². The Bertz CT molecular complexity index is 551. The van der Waals surface area contributed by atoms with E-state index in [1.165, 1.54) is 154 Å².